The molecule has 0 aromatic heterocycles. The molecule has 0 unspecified atom stereocenters. The summed E-state index contributed by atoms with van der Waals surface area (Å²) in [6.45, 7) is 9.13. The van der Waals surface area contributed by atoms with Crippen LogP contribution in [0.4, 0.5) is 0 Å². The summed E-state index contributed by atoms with van der Waals surface area (Å²) in [5.41, 5.74) is -0.199. The van der Waals surface area contributed by atoms with Gasteiger partial charge in [0.15, 0.2) is 5.54 Å². The van der Waals surface area contributed by atoms with Gasteiger partial charge < -0.3 is 24.6 Å². The highest BCUT2D eigenvalue weighted by Crippen LogP contribution is 2.27. The summed E-state index contributed by atoms with van der Waals surface area (Å²) in [7, 11) is 0. The quantitative estimate of drug-likeness (QED) is 0.412. The molecule has 1 saturated heterocycles. The molecule has 30 heavy (non-hydrogen) atoms. The van der Waals surface area contributed by atoms with E-state index in [4.69, 9.17) is 19.3 Å². The number of nitrogens with zero attached hydrogens (tertiary/aromatic N) is 2. The molecule has 0 aliphatic carbocycles. The molecular weight excluding hydrogens is 386 g/mol. The van der Waals surface area contributed by atoms with Crippen LogP contribution in [0.1, 0.15) is 18.4 Å². The Morgan fingerprint density at radius 2 is 2.10 bits per heavy atom. The standard InChI is InChI=1S/C22H31N3O5/c1-2-8-22(21(27)23-9-10-25-11-15-28-16-12-25)17-30-20(24-22)18-4-6-19(7-5-18)29-14-3-13-26/h2,4-7,26H,1,3,8-17H2,(H,23,27)/t22-/m1/s1. The van der Waals surface area contributed by atoms with Crippen LogP contribution in [-0.4, -0.2) is 86.6 Å². The number of carbonyl (C=O) groups excluding carboxylic acids is 1. The fraction of sp³-hybridized carbons (Fsp3) is 0.545. The molecule has 8 heteroatoms. The van der Waals surface area contributed by atoms with E-state index in [0.717, 1.165) is 38.4 Å². The summed E-state index contributed by atoms with van der Waals surface area (Å²) in [6.07, 6.45) is 2.69. The first kappa shape index (κ1) is 22.3. The number of rotatable bonds is 11. The molecule has 1 amide bonds. The third-order valence-electron chi connectivity index (χ3n) is 5.16. The number of aliphatic imine (C=N–C) groups is 1. The molecule has 0 bridgehead atoms. The summed E-state index contributed by atoms with van der Waals surface area (Å²) >= 11 is 0. The zero-order chi connectivity index (χ0) is 21.2. The number of hydrogen-bond acceptors (Lipinski definition) is 7. The van der Waals surface area contributed by atoms with Gasteiger partial charge in [0.1, 0.15) is 12.4 Å². The van der Waals surface area contributed by atoms with Crippen molar-refractivity contribution in [1.29, 1.82) is 0 Å². The number of carbonyl (C=O) groups is 1. The Bertz CT molecular complexity index is 731. The van der Waals surface area contributed by atoms with Crippen LogP contribution >= 0.6 is 0 Å². The number of ether oxygens (including phenoxy) is 3. The van der Waals surface area contributed by atoms with Crippen LogP contribution in [0.25, 0.3) is 0 Å². The molecular formula is C22H31N3O5. The van der Waals surface area contributed by atoms with Crippen molar-refractivity contribution in [2.24, 2.45) is 4.99 Å². The molecule has 0 saturated carbocycles. The largest absolute Gasteiger partial charge is 0.494 e. The summed E-state index contributed by atoms with van der Waals surface area (Å²) in [6, 6.07) is 7.36. The van der Waals surface area contributed by atoms with Gasteiger partial charge in [-0.3, -0.25) is 9.69 Å². The molecule has 2 heterocycles. The number of hydrogen-bond donors (Lipinski definition) is 2. The number of benzene rings is 1. The summed E-state index contributed by atoms with van der Waals surface area (Å²) in [5.74, 6) is 1.01. The minimum atomic E-state index is -0.988. The fourth-order valence-corrected chi connectivity index (χ4v) is 3.41. The second-order valence-corrected chi connectivity index (χ2v) is 7.39. The smallest absolute Gasteiger partial charge is 0.252 e. The molecule has 1 aromatic rings. The van der Waals surface area contributed by atoms with E-state index < -0.39 is 5.54 Å². The van der Waals surface area contributed by atoms with E-state index in [1.54, 1.807) is 6.08 Å². The first-order chi connectivity index (χ1) is 14.7. The number of aliphatic hydroxyl groups is 1. The molecule has 2 aliphatic heterocycles. The van der Waals surface area contributed by atoms with E-state index in [9.17, 15) is 4.79 Å². The maximum absolute atomic E-state index is 12.9. The molecule has 0 radical (unpaired) electrons. The van der Waals surface area contributed by atoms with E-state index in [0.29, 0.717) is 37.6 Å². The molecule has 1 fully saturated rings. The number of nitrogens with one attached hydrogen (secondary N) is 1. The summed E-state index contributed by atoms with van der Waals surface area (Å²) < 4.78 is 16.7. The zero-order valence-corrected chi connectivity index (χ0v) is 17.3. The number of morpholine rings is 1. The molecule has 1 atom stereocenters. The second-order valence-electron chi connectivity index (χ2n) is 7.39. The lowest BCUT2D eigenvalue weighted by atomic mass is 9.96. The van der Waals surface area contributed by atoms with Crippen molar-refractivity contribution in [1.82, 2.24) is 10.2 Å². The molecule has 2 aliphatic rings. The van der Waals surface area contributed by atoms with Gasteiger partial charge >= 0.3 is 0 Å². The van der Waals surface area contributed by atoms with Gasteiger partial charge in [0.2, 0.25) is 5.90 Å². The molecule has 0 spiro atoms. The Morgan fingerprint density at radius 3 is 2.80 bits per heavy atom. The van der Waals surface area contributed by atoms with Crippen molar-refractivity contribution in [3.63, 3.8) is 0 Å². The van der Waals surface area contributed by atoms with Crippen LogP contribution in [0.15, 0.2) is 41.9 Å². The average Bonchev–Trinajstić information content (AvgIpc) is 3.21. The number of aliphatic hydroxyl groups excluding tert-OH is 1. The molecule has 164 valence electrons. The molecule has 8 nitrogen and oxygen atoms in total. The Labute approximate surface area is 177 Å². The van der Waals surface area contributed by atoms with Gasteiger partial charge in [0, 0.05) is 51.2 Å². The lowest BCUT2D eigenvalue weighted by Gasteiger charge is -2.27. The van der Waals surface area contributed by atoms with Crippen LogP contribution in [0.5, 0.6) is 5.75 Å². The zero-order valence-electron chi connectivity index (χ0n) is 17.3. The first-order valence-corrected chi connectivity index (χ1v) is 10.4. The number of amides is 1. The highest BCUT2D eigenvalue weighted by Gasteiger charge is 2.43. The summed E-state index contributed by atoms with van der Waals surface area (Å²) in [5, 5.41) is 11.8. The van der Waals surface area contributed by atoms with Gasteiger partial charge in [0.05, 0.1) is 19.8 Å². The van der Waals surface area contributed by atoms with Gasteiger partial charge in [0.25, 0.3) is 5.91 Å². The normalized spacial score (nSPS) is 21.6. The molecule has 2 N–H and O–H groups in total. The lowest BCUT2D eigenvalue weighted by Crippen LogP contribution is -2.49. The van der Waals surface area contributed by atoms with Crippen molar-refractivity contribution in [2.45, 2.75) is 18.4 Å². The Kier molecular flexibility index (Phi) is 8.24. The average molecular weight is 418 g/mol. The van der Waals surface area contributed by atoms with E-state index >= 15 is 0 Å². The van der Waals surface area contributed by atoms with E-state index in [1.807, 2.05) is 24.3 Å². The lowest BCUT2D eigenvalue weighted by molar-refractivity contribution is -0.126. The Morgan fingerprint density at radius 1 is 1.33 bits per heavy atom. The van der Waals surface area contributed by atoms with Gasteiger partial charge in [-0.1, -0.05) is 6.08 Å². The first-order valence-electron chi connectivity index (χ1n) is 10.4. The Hall–Kier alpha value is -2.42. The van der Waals surface area contributed by atoms with Crippen LogP contribution in [0.2, 0.25) is 0 Å². The second kappa shape index (κ2) is 11.1. The highest BCUT2D eigenvalue weighted by atomic mass is 16.5. The summed E-state index contributed by atoms with van der Waals surface area (Å²) in [4.78, 5) is 19.9. The predicted molar refractivity (Wildman–Crippen MR) is 114 cm³/mol. The van der Waals surface area contributed by atoms with Crippen LogP contribution in [-0.2, 0) is 14.3 Å². The molecule has 3 rings (SSSR count). The topological polar surface area (TPSA) is 92.6 Å². The Balaban J connectivity index is 1.60. The minimum Gasteiger partial charge on any atom is -0.494 e. The van der Waals surface area contributed by atoms with Crippen molar-refractivity contribution in [2.75, 3.05) is 59.2 Å². The van der Waals surface area contributed by atoms with E-state index in [2.05, 4.69) is 21.8 Å². The molecule has 1 aromatic carbocycles. The van der Waals surface area contributed by atoms with Gasteiger partial charge in [-0.15, -0.1) is 6.58 Å². The third-order valence-corrected chi connectivity index (χ3v) is 5.16. The fourth-order valence-electron chi connectivity index (χ4n) is 3.41. The minimum absolute atomic E-state index is 0.0998. The van der Waals surface area contributed by atoms with Gasteiger partial charge in [-0.05, 0) is 24.3 Å². The van der Waals surface area contributed by atoms with Crippen LogP contribution < -0.4 is 10.1 Å². The highest BCUT2D eigenvalue weighted by molar-refractivity contribution is 6.00. The SMILES string of the molecule is C=CC[C@]1(C(=O)NCCN2CCOCC2)COC(c2ccc(OCCCO)cc2)=N1. The third kappa shape index (κ3) is 5.81. The predicted octanol–water partition coefficient (Wildman–Crippen LogP) is 0.988. The van der Waals surface area contributed by atoms with Gasteiger partial charge in [-0.25, -0.2) is 4.99 Å². The van der Waals surface area contributed by atoms with E-state index in [-0.39, 0.29) is 19.1 Å². The van der Waals surface area contributed by atoms with E-state index in [1.165, 1.54) is 0 Å². The van der Waals surface area contributed by atoms with Crippen molar-refractivity contribution >= 4 is 11.8 Å². The van der Waals surface area contributed by atoms with Gasteiger partial charge in [-0.2, -0.15) is 0 Å². The van der Waals surface area contributed by atoms with Crippen LogP contribution in [0.3, 0.4) is 0 Å². The monoisotopic (exact) mass is 417 g/mol. The van der Waals surface area contributed by atoms with Crippen LogP contribution in [0, 0.1) is 0 Å². The maximum atomic E-state index is 12.9. The maximum Gasteiger partial charge on any atom is 0.252 e. The van der Waals surface area contributed by atoms with Crippen molar-refractivity contribution in [3.8, 4) is 5.75 Å². The van der Waals surface area contributed by atoms with Crippen molar-refractivity contribution in [3.05, 3.63) is 42.5 Å². The van der Waals surface area contributed by atoms with Crippen molar-refractivity contribution < 1.29 is 24.1 Å².